The Labute approximate surface area is 191 Å². The van der Waals surface area contributed by atoms with Gasteiger partial charge in [-0.3, -0.25) is 9.59 Å². The van der Waals surface area contributed by atoms with Gasteiger partial charge >= 0.3 is 5.97 Å². The third-order valence-corrected chi connectivity index (χ3v) is 4.99. The minimum Gasteiger partial charge on any atom is -0.493 e. The Balaban J connectivity index is 1.25. The topological polar surface area (TPSA) is 107 Å². The molecule has 1 aliphatic rings. The predicted octanol–water partition coefficient (Wildman–Crippen LogP) is 3.60. The van der Waals surface area contributed by atoms with E-state index >= 15 is 0 Å². The van der Waals surface area contributed by atoms with Gasteiger partial charge in [0.25, 0.3) is 5.89 Å². The third-order valence-electron chi connectivity index (χ3n) is 4.99. The first kappa shape index (κ1) is 22.2. The SMILES string of the molecule is CCOc1ccccc1-c1noc(COC(=O)CCC(=O)N2CCC(c3ccccc3)=N2)n1. The van der Waals surface area contributed by atoms with Gasteiger partial charge in [0.15, 0.2) is 6.61 Å². The van der Waals surface area contributed by atoms with Gasteiger partial charge in [-0.1, -0.05) is 47.6 Å². The molecule has 0 radical (unpaired) electrons. The van der Waals surface area contributed by atoms with Crippen molar-refractivity contribution in [3.05, 3.63) is 66.1 Å². The maximum Gasteiger partial charge on any atom is 0.306 e. The first-order chi connectivity index (χ1) is 16.1. The predicted molar refractivity (Wildman–Crippen MR) is 119 cm³/mol. The number of ether oxygens (including phenoxy) is 2. The molecule has 0 aliphatic carbocycles. The number of benzene rings is 2. The van der Waals surface area contributed by atoms with Gasteiger partial charge in [0.05, 0.1) is 30.8 Å². The maximum absolute atomic E-state index is 12.4. The van der Waals surface area contributed by atoms with Crippen LogP contribution in [0.3, 0.4) is 0 Å². The number of esters is 1. The largest absolute Gasteiger partial charge is 0.493 e. The van der Waals surface area contributed by atoms with E-state index in [-0.39, 0.29) is 31.2 Å². The number of nitrogens with zero attached hydrogens (tertiary/aromatic N) is 4. The molecule has 9 heteroatoms. The van der Waals surface area contributed by atoms with Crippen molar-refractivity contribution in [2.75, 3.05) is 13.2 Å². The molecule has 0 fully saturated rings. The van der Waals surface area contributed by atoms with Gasteiger partial charge in [0.1, 0.15) is 5.75 Å². The van der Waals surface area contributed by atoms with Crippen LogP contribution < -0.4 is 4.74 Å². The molecule has 2 heterocycles. The Kier molecular flexibility index (Phi) is 7.09. The van der Waals surface area contributed by atoms with Crippen LogP contribution in [0, 0.1) is 0 Å². The summed E-state index contributed by atoms with van der Waals surface area (Å²) < 4.78 is 15.9. The Morgan fingerprint density at radius 1 is 1.06 bits per heavy atom. The molecule has 170 valence electrons. The number of carbonyl (C=O) groups excluding carboxylic acids is 2. The van der Waals surface area contributed by atoms with E-state index in [1.54, 1.807) is 0 Å². The Morgan fingerprint density at radius 3 is 2.67 bits per heavy atom. The summed E-state index contributed by atoms with van der Waals surface area (Å²) in [4.78, 5) is 28.8. The maximum atomic E-state index is 12.4. The molecule has 4 rings (SSSR count). The lowest BCUT2D eigenvalue weighted by atomic mass is 10.1. The van der Waals surface area contributed by atoms with Crippen LogP contribution in [0.25, 0.3) is 11.4 Å². The van der Waals surface area contributed by atoms with Crippen LogP contribution in [0.4, 0.5) is 0 Å². The molecule has 1 aliphatic heterocycles. The molecule has 1 aromatic heterocycles. The van der Waals surface area contributed by atoms with E-state index in [1.807, 2.05) is 61.5 Å². The van der Waals surface area contributed by atoms with Crippen LogP contribution in [-0.4, -0.2) is 45.9 Å². The van der Waals surface area contributed by atoms with Crippen molar-refractivity contribution in [2.45, 2.75) is 32.8 Å². The number of hydrogen-bond acceptors (Lipinski definition) is 8. The summed E-state index contributed by atoms with van der Waals surface area (Å²) in [6, 6.07) is 17.1. The highest BCUT2D eigenvalue weighted by molar-refractivity contribution is 6.02. The molecular formula is C24H24N4O5. The molecule has 0 saturated heterocycles. The normalized spacial score (nSPS) is 13.0. The van der Waals surface area contributed by atoms with Crippen molar-refractivity contribution in [3.63, 3.8) is 0 Å². The molecule has 0 atom stereocenters. The van der Waals surface area contributed by atoms with Crippen molar-refractivity contribution in [1.82, 2.24) is 15.1 Å². The number of aromatic nitrogens is 2. The molecule has 0 unspecified atom stereocenters. The summed E-state index contributed by atoms with van der Waals surface area (Å²) in [5, 5.41) is 9.73. The molecule has 0 spiro atoms. The quantitative estimate of drug-likeness (QED) is 0.460. The highest BCUT2D eigenvalue weighted by Crippen LogP contribution is 2.27. The van der Waals surface area contributed by atoms with Gasteiger partial charge in [-0.2, -0.15) is 10.1 Å². The lowest BCUT2D eigenvalue weighted by Gasteiger charge is -2.10. The average molecular weight is 448 g/mol. The van der Waals surface area contributed by atoms with Crippen LogP contribution in [0.2, 0.25) is 0 Å². The number of carbonyl (C=O) groups is 2. The standard InChI is InChI=1S/C24H24N4O5/c1-2-31-20-11-7-6-10-18(20)24-25-21(33-27-24)16-32-23(30)13-12-22(29)28-15-14-19(26-28)17-8-4-3-5-9-17/h3-11H,2,12-16H2,1H3. The summed E-state index contributed by atoms with van der Waals surface area (Å²) in [6.07, 6.45) is 0.646. The first-order valence-electron chi connectivity index (χ1n) is 10.8. The molecule has 1 amide bonds. The summed E-state index contributed by atoms with van der Waals surface area (Å²) >= 11 is 0. The number of hydrazone groups is 1. The number of rotatable bonds is 9. The van der Waals surface area contributed by atoms with Gasteiger partial charge in [0, 0.05) is 12.8 Å². The van der Waals surface area contributed by atoms with Crippen molar-refractivity contribution in [1.29, 1.82) is 0 Å². The minimum atomic E-state index is -0.524. The molecule has 0 bridgehead atoms. The number of para-hydroxylation sites is 1. The van der Waals surface area contributed by atoms with Crippen LogP contribution >= 0.6 is 0 Å². The monoisotopic (exact) mass is 448 g/mol. The van der Waals surface area contributed by atoms with Crippen LogP contribution in [0.1, 0.15) is 37.6 Å². The lowest BCUT2D eigenvalue weighted by molar-refractivity contribution is -0.147. The number of hydrogen-bond donors (Lipinski definition) is 0. The van der Waals surface area contributed by atoms with E-state index < -0.39 is 5.97 Å². The fourth-order valence-corrected chi connectivity index (χ4v) is 3.38. The van der Waals surface area contributed by atoms with Gasteiger partial charge in [-0.15, -0.1) is 0 Å². The third kappa shape index (κ3) is 5.62. The molecule has 0 saturated carbocycles. The summed E-state index contributed by atoms with van der Waals surface area (Å²) in [6.45, 7) is 2.73. The highest BCUT2D eigenvalue weighted by atomic mass is 16.6. The van der Waals surface area contributed by atoms with Crippen LogP contribution in [-0.2, 0) is 20.9 Å². The molecular weight excluding hydrogens is 424 g/mol. The average Bonchev–Trinajstić information content (AvgIpc) is 3.53. The van der Waals surface area contributed by atoms with Crippen molar-refractivity contribution >= 4 is 17.6 Å². The van der Waals surface area contributed by atoms with Crippen molar-refractivity contribution in [3.8, 4) is 17.1 Å². The lowest BCUT2D eigenvalue weighted by Crippen LogP contribution is -2.24. The van der Waals surface area contributed by atoms with E-state index in [2.05, 4.69) is 15.2 Å². The van der Waals surface area contributed by atoms with E-state index in [4.69, 9.17) is 14.0 Å². The van der Waals surface area contributed by atoms with E-state index in [0.29, 0.717) is 36.7 Å². The molecule has 0 N–H and O–H groups in total. The fourth-order valence-electron chi connectivity index (χ4n) is 3.38. The zero-order valence-electron chi connectivity index (χ0n) is 18.3. The Morgan fingerprint density at radius 2 is 1.85 bits per heavy atom. The first-order valence-corrected chi connectivity index (χ1v) is 10.8. The summed E-state index contributed by atoms with van der Waals surface area (Å²) in [5.74, 6) is 0.409. The molecule has 33 heavy (non-hydrogen) atoms. The Hall–Kier alpha value is -4.01. The van der Waals surface area contributed by atoms with E-state index in [9.17, 15) is 9.59 Å². The number of amides is 1. The zero-order valence-corrected chi connectivity index (χ0v) is 18.3. The second-order valence-electron chi connectivity index (χ2n) is 7.28. The summed E-state index contributed by atoms with van der Waals surface area (Å²) in [7, 11) is 0. The second kappa shape index (κ2) is 10.5. The van der Waals surface area contributed by atoms with Gasteiger partial charge < -0.3 is 14.0 Å². The van der Waals surface area contributed by atoms with Crippen LogP contribution in [0.5, 0.6) is 5.75 Å². The molecule has 3 aromatic rings. The van der Waals surface area contributed by atoms with Gasteiger partial charge in [0.2, 0.25) is 11.7 Å². The summed E-state index contributed by atoms with van der Waals surface area (Å²) in [5.41, 5.74) is 2.55. The molecule has 9 nitrogen and oxygen atoms in total. The highest BCUT2D eigenvalue weighted by Gasteiger charge is 2.22. The zero-order chi connectivity index (χ0) is 23.0. The molecule has 2 aromatic carbocycles. The van der Waals surface area contributed by atoms with Gasteiger partial charge in [-0.25, -0.2) is 5.01 Å². The van der Waals surface area contributed by atoms with E-state index in [0.717, 1.165) is 11.3 Å². The van der Waals surface area contributed by atoms with Crippen LogP contribution in [0.15, 0.2) is 64.2 Å². The second-order valence-corrected chi connectivity index (χ2v) is 7.28. The smallest absolute Gasteiger partial charge is 0.306 e. The van der Waals surface area contributed by atoms with Crippen molar-refractivity contribution < 1.29 is 23.6 Å². The Bertz CT molecular complexity index is 1140. The van der Waals surface area contributed by atoms with Gasteiger partial charge in [-0.05, 0) is 24.6 Å². The fraction of sp³-hybridized carbons (Fsp3) is 0.292. The van der Waals surface area contributed by atoms with E-state index in [1.165, 1.54) is 5.01 Å². The minimum absolute atomic E-state index is 0.0151. The van der Waals surface area contributed by atoms with Crippen molar-refractivity contribution in [2.24, 2.45) is 5.10 Å².